The van der Waals surface area contributed by atoms with Gasteiger partial charge in [0.25, 0.3) is 0 Å². The number of nitrogens with zero attached hydrogens (tertiary/aromatic N) is 1. The average molecular weight is 433 g/mol. The number of nitrogens with one attached hydrogen (secondary N) is 1. The second-order valence-electron chi connectivity index (χ2n) is 7.36. The molecule has 0 spiro atoms. The quantitative estimate of drug-likeness (QED) is 0.554. The molecule has 30 heavy (non-hydrogen) atoms. The molecule has 2 rings (SSSR count). The Balaban J connectivity index is 1.81. The van der Waals surface area contributed by atoms with Crippen molar-refractivity contribution >= 4 is 21.6 Å². The van der Waals surface area contributed by atoms with E-state index in [9.17, 15) is 13.2 Å². The predicted molar refractivity (Wildman–Crippen MR) is 121 cm³/mol. The molecule has 164 valence electrons. The van der Waals surface area contributed by atoms with Gasteiger partial charge in [-0.05, 0) is 62.9 Å². The van der Waals surface area contributed by atoms with Crippen LogP contribution in [0.5, 0.6) is 5.75 Å². The standard InChI is InChI=1S/C23H32N2O4S/c1-4-29-22-16-14-21(15-17-22)25(30(3,27)28)18-8-11-23(26)24-19(2)12-13-20-9-6-5-7-10-20/h5-7,9-10,14-17,19H,4,8,11-13,18H2,1-3H3,(H,24,26)/t19-/m0/s1. The molecule has 1 amide bonds. The van der Waals surface area contributed by atoms with Gasteiger partial charge >= 0.3 is 0 Å². The second kappa shape index (κ2) is 11.6. The highest BCUT2D eigenvalue weighted by atomic mass is 32.2. The third-order valence-electron chi connectivity index (χ3n) is 4.72. The van der Waals surface area contributed by atoms with Crippen LogP contribution in [-0.4, -0.2) is 39.8 Å². The van der Waals surface area contributed by atoms with E-state index >= 15 is 0 Å². The molecule has 0 aromatic heterocycles. The van der Waals surface area contributed by atoms with Gasteiger partial charge in [-0.2, -0.15) is 0 Å². The lowest BCUT2D eigenvalue weighted by molar-refractivity contribution is -0.121. The molecular weight excluding hydrogens is 400 g/mol. The van der Waals surface area contributed by atoms with E-state index in [0.29, 0.717) is 24.5 Å². The van der Waals surface area contributed by atoms with Crippen molar-refractivity contribution in [3.8, 4) is 5.75 Å². The summed E-state index contributed by atoms with van der Waals surface area (Å²) in [7, 11) is -3.44. The van der Waals surface area contributed by atoms with Gasteiger partial charge in [0.2, 0.25) is 15.9 Å². The molecule has 1 atom stereocenters. The highest BCUT2D eigenvalue weighted by Crippen LogP contribution is 2.22. The Morgan fingerprint density at radius 3 is 2.37 bits per heavy atom. The first-order chi connectivity index (χ1) is 14.3. The van der Waals surface area contributed by atoms with E-state index in [1.165, 1.54) is 16.1 Å². The van der Waals surface area contributed by atoms with E-state index in [2.05, 4.69) is 17.4 Å². The van der Waals surface area contributed by atoms with Crippen LogP contribution in [0.25, 0.3) is 0 Å². The van der Waals surface area contributed by atoms with Crippen molar-refractivity contribution < 1.29 is 17.9 Å². The number of carbonyl (C=O) groups excluding carboxylic acids is 1. The zero-order valence-electron chi connectivity index (χ0n) is 18.0. The van der Waals surface area contributed by atoms with Crippen LogP contribution in [0.3, 0.4) is 0 Å². The minimum atomic E-state index is -3.44. The Kier molecular flexibility index (Phi) is 9.17. The Labute approximate surface area is 180 Å². The summed E-state index contributed by atoms with van der Waals surface area (Å²) in [4.78, 5) is 12.3. The molecular formula is C23H32N2O4S. The molecule has 0 radical (unpaired) electrons. The number of aryl methyl sites for hydroxylation is 1. The summed E-state index contributed by atoms with van der Waals surface area (Å²) in [6.07, 6.45) is 3.66. The van der Waals surface area contributed by atoms with E-state index in [4.69, 9.17) is 4.74 Å². The van der Waals surface area contributed by atoms with Gasteiger partial charge in [0, 0.05) is 19.0 Å². The number of hydrogen-bond donors (Lipinski definition) is 1. The normalized spacial score (nSPS) is 12.2. The van der Waals surface area contributed by atoms with Gasteiger partial charge in [0.1, 0.15) is 5.75 Å². The summed E-state index contributed by atoms with van der Waals surface area (Å²) in [5.74, 6) is 0.634. The Bertz CT molecular complexity index is 883. The van der Waals surface area contributed by atoms with E-state index in [0.717, 1.165) is 12.8 Å². The van der Waals surface area contributed by atoms with Crippen LogP contribution >= 0.6 is 0 Å². The van der Waals surface area contributed by atoms with Gasteiger partial charge in [-0.25, -0.2) is 8.42 Å². The number of benzene rings is 2. The van der Waals surface area contributed by atoms with E-state index in [-0.39, 0.29) is 24.9 Å². The molecule has 0 unspecified atom stereocenters. The maximum Gasteiger partial charge on any atom is 0.232 e. The molecule has 0 saturated carbocycles. The van der Waals surface area contributed by atoms with Crippen LogP contribution < -0.4 is 14.4 Å². The number of carbonyl (C=O) groups is 1. The predicted octanol–water partition coefficient (Wildman–Crippen LogP) is 3.77. The Hall–Kier alpha value is -2.54. The Morgan fingerprint density at radius 1 is 1.10 bits per heavy atom. The monoisotopic (exact) mass is 432 g/mol. The minimum absolute atomic E-state index is 0.0595. The van der Waals surface area contributed by atoms with Gasteiger partial charge < -0.3 is 10.1 Å². The van der Waals surface area contributed by atoms with E-state index < -0.39 is 10.0 Å². The topological polar surface area (TPSA) is 75.7 Å². The number of hydrogen-bond acceptors (Lipinski definition) is 4. The van der Waals surface area contributed by atoms with Crippen molar-refractivity contribution in [1.82, 2.24) is 5.32 Å². The first-order valence-corrected chi connectivity index (χ1v) is 12.2. The molecule has 2 aromatic carbocycles. The van der Waals surface area contributed by atoms with Crippen molar-refractivity contribution in [1.29, 1.82) is 0 Å². The van der Waals surface area contributed by atoms with E-state index in [1.54, 1.807) is 24.3 Å². The molecule has 2 aromatic rings. The summed E-state index contributed by atoms with van der Waals surface area (Å²) < 4.78 is 31.2. The third kappa shape index (κ3) is 8.06. The van der Waals surface area contributed by atoms with Crippen LogP contribution in [0.1, 0.15) is 38.7 Å². The van der Waals surface area contributed by atoms with Crippen molar-refractivity contribution in [3.63, 3.8) is 0 Å². The molecule has 7 heteroatoms. The first-order valence-electron chi connectivity index (χ1n) is 10.3. The molecule has 0 aliphatic carbocycles. The van der Waals surface area contributed by atoms with Gasteiger partial charge in [0.05, 0.1) is 18.6 Å². The van der Waals surface area contributed by atoms with Crippen molar-refractivity contribution in [3.05, 3.63) is 60.2 Å². The molecule has 0 aliphatic heterocycles. The van der Waals surface area contributed by atoms with Crippen LogP contribution in [0.2, 0.25) is 0 Å². The molecule has 0 bridgehead atoms. The second-order valence-corrected chi connectivity index (χ2v) is 9.27. The summed E-state index contributed by atoms with van der Waals surface area (Å²) in [6.45, 7) is 4.68. The van der Waals surface area contributed by atoms with Gasteiger partial charge in [0.15, 0.2) is 0 Å². The van der Waals surface area contributed by atoms with Crippen molar-refractivity contribution in [2.75, 3.05) is 23.7 Å². The lowest BCUT2D eigenvalue weighted by Gasteiger charge is -2.23. The van der Waals surface area contributed by atoms with Crippen LogP contribution in [0.15, 0.2) is 54.6 Å². The fourth-order valence-corrected chi connectivity index (χ4v) is 4.16. The van der Waals surface area contributed by atoms with Gasteiger partial charge in [-0.3, -0.25) is 9.10 Å². The third-order valence-corrected chi connectivity index (χ3v) is 5.91. The molecule has 6 nitrogen and oxygen atoms in total. The molecule has 1 N–H and O–H groups in total. The molecule has 0 saturated heterocycles. The lowest BCUT2D eigenvalue weighted by atomic mass is 10.1. The number of rotatable bonds is 12. The highest BCUT2D eigenvalue weighted by Gasteiger charge is 2.18. The summed E-state index contributed by atoms with van der Waals surface area (Å²) in [5, 5.41) is 3.00. The summed E-state index contributed by atoms with van der Waals surface area (Å²) in [5.41, 5.74) is 1.82. The number of anilines is 1. The molecule has 0 fully saturated rings. The summed E-state index contributed by atoms with van der Waals surface area (Å²) in [6, 6.07) is 17.2. The zero-order valence-corrected chi connectivity index (χ0v) is 18.8. The number of ether oxygens (including phenoxy) is 1. The first kappa shape index (κ1) is 23.7. The maximum absolute atomic E-state index is 12.3. The number of amides is 1. The van der Waals surface area contributed by atoms with Crippen LogP contribution in [-0.2, 0) is 21.2 Å². The minimum Gasteiger partial charge on any atom is -0.494 e. The van der Waals surface area contributed by atoms with Crippen LogP contribution in [0.4, 0.5) is 5.69 Å². The van der Waals surface area contributed by atoms with Gasteiger partial charge in [-0.1, -0.05) is 30.3 Å². The summed E-state index contributed by atoms with van der Waals surface area (Å²) >= 11 is 0. The number of sulfonamides is 1. The smallest absolute Gasteiger partial charge is 0.232 e. The Morgan fingerprint density at radius 2 is 1.77 bits per heavy atom. The van der Waals surface area contributed by atoms with E-state index in [1.807, 2.05) is 32.0 Å². The SMILES string of the molecule is CCOc1ccc(N(CCCC(=O)N[C@@H](C)CCc2ccccc2)S(C)(=O)=O)cc1. The highest BCUT2D eigenvalue weighted by molar-refractivity contribution is 7.92. The molecule has 0 heterocycles. The van der Waals surface area contributed by atoms with Crippen molar-refractivity contribution in [2.45, 2.75) is 45.6 Å². The molecule has 0 aliphatic rings. The largest absolute Gasteiger partial charge is 0.494 e. The fourth-order valence-electron chi connectivity index (χ4n) is 3.19. The van der Waals surface area contributed by atoms with Gasteiger partial charge in [-0.15, -0.1) is 0 Å². The lowest BCUT2D eigenvalue weighted by Crippen LogP contribution is -2.34. The zero-order chi connectivity index (χ0) is 22.0. The average Bonchev–Trinajstić information content (AvgIpc) is 2.71. The fraction of sp³-hybridized carbons (Fsp3) is 0.435. The van der Waals surface area contributed by atoms with Crippen molar-refractivity contribution in [2.24, 2.45) is 0 Å². The van der Waals surface area contributed by atoms with Crippen LogP contribution in [0, 0.1) is 0 Å². The maximum atomic E-state index is 12.3.